The lowest BCUT2D eigenvalue weighted by Crippen LogP contribution is -2.03. The Morgan fingerprint density at radius 2 is 2.19 bits per heavy atom. The summed E-state index contributed by atoms with van der Waals surface area (Å²) in [7, 11) is 0. The zero-order valence-corrected chi connectivity index (χ0v) is 9.86. The van der Waals surface area contributed by atoms with Gasteiger partial charge in [0, 0.05) is 5.56 Å². The largest absolute Gasteiger partial charge is 0.493 e. The Balaban J connectivity index is 2.60. The number of rotatable bonds is 7. The molecule has 1 rings (SSSR count). The van der Waals surface area contributed by atoms with Gasteiger partial charge in [0.1, 0.15) is 5.75 Å². The van der Waals surface area contributed by atoms with Crippen LogP contribution in [0, 0.1) is 0 Å². The maximum Gasteiger partial charge on any atom is 0.125 e. The van der Waals surface area contributed by atoms with Crippen LogP contribution in [0.25, 0.3) is 0 Å². The fraction of sp³-hybridized carbons (Fsp3) is 0.429. The minimum atomic E-state index is -0.435. The van der Waals surface area contributed by atoms with Crippen LogP contribution in [0.4, 0.5) is 0 Å². The maximum absolute atomic E-state index is 9.82. The summed E-state index contributed by atoms with van der Waals surface area (Å²) >= 11 is 0. The summed E-state index contributed by atoms with van der Waals surface area (Å²) in [6.45, 7) is 6.29. The van der Waals surface area contributed by atoms with E-state index in [4.69, 9.17) is 4.74 Å². The Bertz CT molecular complexity index is 320. The Labute approximate surface area is 97.6 Å². The van der Waals surface area contributed by atoms with Crippen LogP contribution < -0.4 is 4.74 Å². The minimum absolute atomic E-state index is 0.435. The molecule has 88 valence electrons. The van der Waals surface area contributed by atoms with Crippen molar-refractivity contribution in [3.05, 3.63) is 42.5 Å². The van der Waals surface area contributed by atoms with Crippen molar-refractivity contribution in [2.45, 2.75) is 32.3 Å². The number of benzene rings is 1. The monoisotopic (exact) mass is 220 g/mol. The normalized spacial score (nSPS) is 12.1. The van der Waals surface area contributed by atoms with Crippen LogP contribution in [-0.4, -0.2) is 11.7 Å². The molecule has 0 aliphatic rings. The molecule has 0 amide bonds. The SMILES string of the molecule is C=CCCCOc1ccccc1C(O)CC. The molecule has 0 aliphatic heterocycles. The van der Waals surface area contributed by atoms with Crippen LogP contribution in [0.3, 0.4) is 0 Å². The average molecular weight is 220 g/mol. The number of aliphatic hydroxyl groups is 1. The molecule has 1 aromatic carbocycles. The van der Waals surface area contributed by atoms with Crippen molar-refractivity contribution in [3.63, 3.8) is 0 Å². The van der Waals surface area contributed by atoms with E-state index in [2.05, 4.69) is 6.58 Å². The quantitative estimate of drug-likeness (QED) is 0.563. The third-order valence-electron chi connectivity index (χ3n) is 2.47. The van der Waals surface area contributed by atoms with E-state index < -0.39 is 6.10 Å². The Morgan fingerprint density at radius 3 is 2.88 bits per heavy atom. The van der Waals surface area contributed by atoms with Gasteiger partial charge in [-0.25, -0.2) is 0 Å². The van der Waals surface area contributed by atoms with Crippen molar-refractivity contribution in [1.82, 2.24) is 0 Å². The van der Waals surface area contributed by atoms with Crippen LogP contribution in [0.2, 0.25) is 0 Å². The van der Waals surface area contributed by atoms with Gasteiger partial charge in [0.15, 0.2) is 0 Å². The summed E-state index contributed by atoms with van der Waals surface area (Å²) in [6, 6.07) is 7.67. The van der Waals surface area contributed by atoms with Crippen molar-refractivity contribution in [3.8, 4) is 5.75 Å². The molecule has 0 spiro atoms. The predicted octanol–water partition coefficient (Wildman–Crippen LogP) is 3.48. The lowest BCUT2D eigenvalue weighted by molar-refractivity contribution is 0.167. The number of hydrogen-bond donors (Lipinski definition) is 1. The Hall–Kier alpha value is -1.28. The zero-order chi connectivity index (χ0) is 11.8. The van der Waals surface area contributed by atoms with E-state index in [-0.39, 0.29) is 0 Å². The summed E-state index contributed by atoms with van der Waals surface area (Å²) in [4.78, 5) is 0. The second-order valence-electron chi connectivity index (χ2n) is 3.74. The Morgan fingerprint density at radius 1 is 1.44 bits per heavy atom. The van der Waals surface area contributed by atoms with Gasteiger partial charge in [-0.2, -0.15) is 0 Å². The number of ether oxygens (including phenoxy) is 1. The predicted molar refractivity (Wildman–Crippen MR) is 66.6 cm³/mol. The summed E-state index contributed by atoms with van der Waals surface area (Å²) < 4.78 is 5.65. The zero-order valence-electron chi connectivity index (χ0n) is 9.86. The van der Waals surface area contributed by atoms with E-state index >= 15 is 0 Å². The van der Waals surface area contributed by atoms with Gasteiger partial charge in [-0.3, -0.25) is 0 Å². The minimum Gasteiger partial charge on any atom is -0.493 e. The maximum atomic E-state index is 9.82. The molecule has 2 heteroatoms. The molecule has 0 fully saturated rings. The molecule has 2 nitrogen and oxygen atoms in total. The molecule has 0 bridgehead atoms. The molecule has 0 aliphatic carbocycles. The molecule has 1 N–H and O–H groups in total. The highest BCUT2D eigenvalue weighted by atomic mass is 16.5. The van der Waals surface area contributed by atoms with Gasteiger partial charge in [-0.1, -0.05) is 31.2 Å². The molecule has 0 radical (unpaired) electrons. The van der Waals surface area contributed by atoms with Crippen molar-refractivity contribution in [2.24, 2.45) is 0 Å². The highest BCUT2D eigenvalue weighted by Gasteiger charge is 2.10. The van der Waals surface area contributed by atoms with E-state index in [1.807, 2.05) is 37.3 Å². The van der Waals surface area contributed by atoms with Crippen molar-refractivity contribution in [1.29, 1.82) is 0 Å². The number of unbranched alkanes of at least 4 members (excludes halogenated alkanes) is 1. The molecule has 1 atom stereocenters. The molecule has 0 aromatic heterocycles. The van der Waals surface area contributed by atoms with E-state index in [0.29, 0.717) is 13.0 Å². The lowest BCUT2D eigenvalue weighted by Gasteiger charge is -2.14. The van der Waals surface area contributed by atoms with Gasteiger partial charge in [0.25, 0.3) is 0 Å². The van der Waals surface area contributed by atoms with E-state index in [1.165, 1.54) is 0 Å². The van der Waals surface area contributed by atoms with Crippen molar-refractivity contribution in [2.75, 3.05) is 6.61 Å². The molecule has 16 heavy (non-hydrogen) atoms. The highest BCUT2D eigenvalue weighted by Crippen LogP contribution is 2.26. The van der Waals surface area contributed by atoms with Gasteiger partial charge < -0.3 is 9.84 Å². The number of para-hydroxylation sites is 1. The molecule has 0 saturated carbocycles. The van der Waals surface area contributed by atoms with Crippen molar-refractivity contribution >= 4 is 0 Å². The van der Waals surface area contributed by atoms with Crippen LogP contribution in [0.1, 0.15) is 37.9 Å². The highest BCUT2D eigenvalue weighted by molar-refractivity contribution is 5.34. The first kappa shape index (κ1) is 12.8. The molecule has 0 heterocycles. The molecular formula is C14H20O2. The molecular weight excluding hydrogens is 200 g/mol. The molecule has 0 saturated heterocycles. The first-order chi connectivity index (χ1) is 7.79. The third-order valence-corrected chi connectivity index (χ3v) is 2.47. The lowest BCUT2D eigenvalue weighted by atomic mass is 10.1. The summed E-state index contributed by atoms with van der Waals surface area (Å²) in [5.74, 6) is 0.793. The second-order valence-corrected chi connectivity index (χ2v) is 3.74. The van der Waals surface area contributed by atoms with Crippen LogP contribution in [0.5, 0.6) is 5.75 Å². The smallest absolute Gasteiger partial charge is 0.125 e. The van der Waals surface area contributed by atoms with Crippen LogP contribution in [0.15, 0.2) is 36.9 Å². The fourth-order valence-corrected chi connectivity index (χ4v) is 1.52. The van der Waals surface area contributed by atoms with E-state index in [1.54, 1.807) is 0 Å². The number of allylic oxidation sites excluding steroid dienone is 1. The topological polar surface area (TPSA) is 29.5 Å². The van der Waals surface area contributed by atoms with Gasteiger partial charge >= 0.3 is 0 Å². The number of aliphatic hydroxyl groups excluding tert-OH is 1. The van der Waals surface area contributed by atoms with Crippen LogP contribution in [-0.2, 0) is 0 Å². The average Bonchev–Trinajstić information content (AvgIpc) is 2.34. The third kappa shape index (κ3) is 3.70. The summed E-state index contributed by atoms with van der Waals surface area (Å²) in [6.07, 6.45) is 4.07. The van der Waals surface area contributed by atoms with Gasteiger partial charge in [-0.05, 0) is 25.3 Å². The van der Waals surface area contributed by atoms with Gasteiger partial charge in [-0.15, -0.1) is 6.58 Å². The first-order valence-corrected chi connectivity index (χ1v) is 5.80. The van der Waals surface area contributed by atoms with Gasteiger partial charge in [0.05, 0.1) is 12.7 Å². The van der Waals surface area contributed by atoms with E-state index in [0.717, 1.165) is 24.2 Å². The van der Waals surface area contributed by atoms with E-state index in [9.17, 15) is 5.11 Å². The van der Waals surface area contributed by atoms with Gasteiger partial charge in [0.2, 0.25) is 0 Å². The summed E-state index contributed by atoms with van der Waals surface area (Å²) in [5.41, 5.74) is 0.878. The Kier molecular flexibility index (Phi) is 5.65. The first-order valence-electron chi connectivity index (χ1n) is 5.80. The van der Waals surface area contributed by atoms with Crippen molar-refractivity contribution < 1.29 is 9.84 Å². The standard InChI is InChI=1S/C14H20O2/c1-3-5-8-11-16-14-10-7-6-9-12(14)13(15)4-2/h3,6-7,9-10,13,15H,1,4-5,8,11H2,2H3. The molecule has 1 unspecified atom stereocenters. The fourth-order valence-electron chi connectivity index (χ4n) is 1.52. The van der Waals surface area contributed by atoms with Crippen LogP contribution >= 0.6 is 0 Å². The molecule has 1 aromatic rings. The number of hydrogen-bond acceptors (Lipinski definition) is 2. The summed E-state index contributed by atoms with van der Waals surface area (Å²) in [5, 5.41) is 9.82. The second kappa shape index (κ2) is 7.07.